The number of anilines is 2. The van der Waals surface area contributed by atoms with Crippen molar-refractivity contribution in [3.63, 3.8) is 0 Å². The van der Waals surface area contributed by atoms with E-state index >= 15 is 4.39 Å². The van der Waals surface area contributed by atoms with Crippen molar-refractivity contribution in [1.29, 1.82) is 0 Å². The van der Waals surface area contributed by atoms with E-state index in [0.29, 0.717) is 59.7 Å². The Labute approximate surface area is 283 Å². The highest BCUT2D eigenvalue weighted by molar-refractivity contribution is 5.83. The number of alkyl halides is 1. The number of halogens is 1. The molecule has 1 saturated carbocycles. The first-order valence-electron chi connectivity index (χ1n) is 17.3. The summed E-state index contributed by atoms with van der Waals surface area (Å²) in [5.74, 6) is 3.03. The zero-order chi connectivity index (χ0) is 33.1. The molecule has 3 fully saturated rings. The maximum atomic E-state index is 15.8. The lowest BCUT2D eigenvalue weighted by molar-refractivity contribution is -0.133. The number of morpholine rings is 1. The summed E-state index contributed by atoms with van der Waals surface area (Å²) in [6, 6.07) is 15.4. The van der Waals surface area contributed by atoms with Crippen LogP contribution in [0, 0.1) is 5.92 Å². The average molecular weight is 663 g/mol. The van der Waals surface area contributed by atoms with Crippen molar-refractivity contribution in [3.05, 3.63) is 72.1 Å². The van der Waals surface area contributed by atoms with E-state index in [-0.39, 0.29) is 12.0 Å². The van der Waals surface area contributed by atoms with Gasteiger partial charge < -0.3 is 25.6 Å². The minimum absolute atomic E-state index is 0.170. The molecule has 1 amide bonds. The molecule has 13 heteroatoms. The number of hydrogen-bond acceptors (Lipinski definition) is 9. The molecule has 4 aromatic heterocycles. The molecule has 2 saturated heterocycles. The number of rotatable bonds is 7. The van der Waals surface area contributed by atoms with Gasteiger partial charge in [0.2, 0.25) is 5.91 Å². The molecule has 2 aliphatic heterocycles. The normalized spacial score (nSPS) is 21.4. The van der Waals surface area contributed by atoms with Crippen molar-refractivity contribution >= 4 is 28.7 Å². The van der Waals surface area contributed by atoms with Crippen molar-refractivity contribution in [1.82, 2.24) is 39.5 Å². The lowest BCUT2D eigenvalue weighted by Crippen LogP contribution is -2.47. The van der Waals surface area contributed by atoms with E-state index in [1.165, 1.54) is 0 Å². The summed E-state index contributed by atoms with van der Waals surface area (Å²) in [6.07, 6.45) is 6.55. The first kappa shape index (κ1) is 30.2. The smallest absolute Gasteiger partial charge is 0.225 e. The van der Waals surface area contributed by atoms with Gasteiger partial charge in [0.05, 0.1) is 24.8 Å². The van der Waals surface area contributed by atoms with Crippen LogP contribution in [0.4, 0.5) is 16.0 Å². The lowest BCUT2D eigenvalue weighted by Gasteiger charge is -2.34. The van der Waals surface area contributed by atoms with Gasteiger partial charge in [0.15, 0.2) is 23.1 Å². The third-order valence-electron chi connectivity index (χ3n) is 10.4. The predicted molar refractivity (Wildman–Crippen MR) is 183 cm³/mol. The van der Waals surface area contributed by atoms with E-state index in [0.717, 1.165) is 74.5 Å². The topological polar surface area (TPSA) is 132 Å². The molecule has 5 aromatic rings. The van der Waals surface area contributed by atoms with Crippen LogP contribution in [0.25, 0.3) is 34.1 Å². The van der Waals surface area contributed by atoms with Gasteiger partial charge in [0.25, 0.3) is 0 Å². The summed E-state index contributed by atoms with van der Waals surface area (Å²) in [4.78, 5) is 31.1. The molecule has 1 aromatic carbocycles. The van der Waals surface area contributed by atoms with Crippen molar-refractivity contribution in [2.24, 2.45) is 5.92 Å². The van der Waals surface area contributed by atoms with Gasteiger partial charge in [-0.1, -0.05) is 6.07 Å². The van der Waals surface area contributed by atoms with Crippen LogP contribution in [-0.4, -0.2) is 91.7 Å². The number of carbonyl (C=O) groups excluding carboxylic acids is 1. The number of ether oxygens (including phenoxy) is 1. The van der Waals surface area contributed by atoms with Gasteiger partial charge in [-0.25, -0.2) is 24.0 Å². The molecule has 49 heavy (non-hydrogen) atoms. The highest BCUT2D eigenvalue weighted by Gasteiger charge is 2.38. The Hall–Kier alpha value is -4.88. The van der Waals surface area contributed by atoms with E-state index in [1.54, 1.807) is 10.9 Å². The van der Waals surface area contributed by atoms with Crippen LogP contribution in [0.5, 0.6) is 0 Å². The van der Waals surface area contributed by atoms with E-state index in [9.17, 15) is 4.79 Å². The number of pyridine rings is 2. The van der Waals surface area contributed by atoms with Gasteiger partial charge in [0, 0.05) is 68.7 Å². The minimum Gasteiger partial charge on any atom is -0.383 e. The van der Waals surface area contributed by atoms with E-state index in [1.807, 2.05) is 58.1 Å². The Bertz CT molecular complexity index is 2030. The number of amides is 1. The van der Waals surface area contributed by atoms with Crippen LogP contribution in [0.3, 0.4) is 0 Å². The zero-order valence-electron chi connectivity index (χ0n) is 27.2. The fourth-order valence-corrected chi connectivity index (χ4v) is 7.55. The molecule has 0 radical (unpaired) electrons. The number of benzene rings is 1. The summed E-state index contributed by atoms with van der Waals surface area (Å²) in [5.41, 5.74) is 11.1. The Kier molecular flexibility index (Phi) is 7.53. The first-order valence-corrected chi connectivity index (χ1v) is 17.3. The second-order valence-electron chi connectivity index (χ2n) is 13.6. The molecule has 0 bridgehead atoms. The summed E-state index contributed by atoms with van der Waals surface area (Å²) in [7, 11) is 0. The van der Waals surface area contributed by atoms with Crippen molar-refractivity contribution in [3.8, 4) is 22.9 Å². The summed E-state index contributed by atoms with van der Waals surface area (Å²) < 4.78 is 25.0. The summed E-state index contributed by atoms with van der Waals surface area (Å²) in [5, 5.41) is 8.44. The van der Waals surface area contributed by atoms with Gasteiger partial charge in [0.1, 0.15) is 17.5 Å². The number of nitrogens with zero attached hydrogens (tertiary/aromatic N) is 8. The maximum Gasteiger partial charge on any atom is 0.225 e. The third-order valence-corrected chi connectivity index (χ3v) is 10.4. The fraction of sp³-hybridized carbons (Fsp3) is 0.417. The first-order chi connectivity index (χ1) is 24.0. The van der Waals surface area contributed by atoms with E-state index in [4.69, 9.17) is 25.5 Å². The number of hydrogen-bond donors (Lipinski definition) is 2. The Morgan fingerprint density at radius 1 is 0.959 bits per heavy atom. The number of nitrogens with one attached hydrogen (secondary N) is 1. The number of aromatic nitrogens is 6. The molecule has 6 heterocycles. The van der Waals surface area contributed by atoms with Crippen LogP contribution in [0.1, 0.15) is 42.9 Å². The van der Waals surface area contributed by atoms with Crippen LogP contribution >= 0.6 is 0 Å². The molecule has 2 aliphatic carbocycles. The summed E-state index contributed by atoms with van der Waals surface area (Å²) in [6.45, 7) is 4.41. The molecule has 0 spiro atoms. The van der Waals surface area contributed by atoms with Gasteiger partial charge in [-0.2, -0.15) is 0 Å². The number of fused-ring (bicyclic) bond motifs is 2. The third kappa shape index (κ3) is 5.60. The minimum atomic E-state index is -1.05. The van der Waals surface area contributed by atoms with Crippen LogP contribution < -0.4 is 16.0 Å². The SMILES string of the molecule is Nc1ncccc1-c1nc2ccc(-n3ccc(N4CCOCC4)n3)nc2n1-c1ccc2c(c1)CC(F)[C@@H]2NC1CCN(C(=O)C2CC2)CC1. The molecule has 4 aliphatic rings. The molecule has 3 N–H and O–H groups in total. The van der Waals surface area contributed by atoms with Crippen LogP contribution in [0.2, 0.25) is 0 Å². The second kappa shape index (κ2) is 12.2. The lowest BCUT2D eigenvalue weighted by atomic mass is 10.0. The fourth-order valence-electron chi connectivity index (χ4n) is 7.55. The largest absolute Gasteiger partial charge is 0.383 e. The maximum absolute atomic E-state index is 15.8. The molecule has 9 rings (SSSR count). The van der Waals surface area contributed by atoms with Crippen molar-refractivity contribution in [2.75, 3.05) is 50.0 Å². The van der Waals surface area contributed by atoms with Crippen LogP contribution in [-0.2, 0) is 16.0 Å². The number of imidazole rings is 1. The van der Waals surface area contributed by atoms with Gasteiger partial charge >= 0.3 is 0 Å². The summed E-state index contributed by atoms with van der Waals surface area (Å²) >= 11 is 0. The number of carbonyl (C=O) groups is 1. The monoisotopic (exact) mass is 662 g/mol. The van der Waals surface area contributed by atoms with Crippen molar-refractivity contribution in [2.45, 2.75) is 50.4 Å². The van der Waals surface area contributed by atoms with Gasteiger partial charge in [-0.15, -0.1) is 5.10 Å². The van der Waals surface area contributed by atoms with Crippen LogP contribution in [0.15, 0.2) is 60.9 Å². The zero-order valence-corrected chi connectivity index (χ0v) is 27.2. The molecule has 12 nitrogen and oxygen atoms in total. The molecule has 252 valence electrons. The number of nitrogen functional groups attached to an aromatic ring is 1. The van der Waals surface area contributed by atoms with Gasteiger partial charge in [-0.05, 0) is 73.2 Å². The predicted octanol–water partition coefficient (Wildman–Crippen LogP) is 4.01. The Morgan fingerprint density at radius 2 is 1.80 bits per heavy atom. The molecule has 1 unspecified atom stereocenters. The second-order valence-corrected chi connectivity index (χ2v) is 13.6. The number of likely N-dealkylation sites (tertiary alicyclic amines) is 1. The number of nitrogens with two attached hydrogens (primary N) is 1. The van der Waals surface area contributed by atoms with E-state index < -0.39 is 12.2 Å². The average Bonchev–Trinajstić information content (AvgIpc) is 3.61. The highest BCUT2D eigenvalue weighted by Crippen LogP contribution is 2.38. The van der Waals surface area contributed by atoms with Crippen molar-refractivity contribution < 1.29 is 13.9 Å². The highest BCUT2D eigenvalue weighted by atomic mass is 19.1. The molecular formula is C36H39FN10O2. The standard InChI is InChI=1S/C36H39FN10O2/c37-28-21-23-20-25(5-6-26(23)32(28)40-24-9-13-45(14-10-24)36(48)22-3-4-22)47-34(27-2-1-12-39-33(27)38)41-29-7-8-30(42-35(29)47)46-15-11-31(43-46)44-16-18-49-19-17-44/h1-2,5-8,11-12,15,20,22,24,28,32,40H,3-4,9-10,13-14,16-19,21H2,(H2,38,39)/t28?,32-/m1/s1. The number of piperidine rings is 1. The molecule has 2 atom stereocenters. The van der Waals surface area contributed by atoms with E-state index in [2.05, 4.69) is 21.3 Å². The van der Waals surface area contributed by atoms with Gasteiger partial charge in [-0.3, -0.25) is 9.36 Å². The Morgan fingerprint density at radius 3 is 2.59 bits per heavy atom. The quantitative estimate of drug-likeness (QED) is 0.265. The Balaban J connectivity index is 1.04. The molecular weight excluding hydrogens is 623 g/mol.